The molecule has 0 aliphatic rings. The topological polar surface area (TPSA) is 38.2 Å². The van der Waals surface area contributed by atoms with Crippen LogP contribution in [-0.2, 0) is 11.3 Å². The van der Waals surface area contributed by atoms with Crippen LogP contribution in [0, 0.1) is 6.92 Å². The largest absolute Gasteiger partial charge is 0.377 e. The van der Waals surface area contributed by atoms with E-state index in [1.807, 2.05) is 13.0 Å². The van der Waals surface area contributed by atoms with Crippen LogP contribution >= 0.6 is 0 Å². The molecule has 0 amide bonds. The zero-order chi connectivity index (χ0) is 12.1. The second kappa shape index (κ2) is 5.80. The SMILES string of the molecule is CC[C@H](C)N(C)c1cc(C)nc(COC)n1. The molecule has 1 atom stereocenters. The number of anilines is 1. The van der Waals surface area contributed by atoms with Crippen LogP contribution in [0.15, 0.2) is 6.07 Å². The fraction of sp³-hybridized carbons (Fsp3) is 0.667. The van der Waals surface area contributed by atoms with Crippen molar-refractivity contribution in [3.05, 3.63) is 17.6 Å². The molecule has 1 rings (SSSR count). The quantitative estimate of drug-likeness (QED) is 0.766. The van der Waals surface area contributed by atoms with Crippen molar-refractivity contribution in [2.24, 2.45) is 0 Å². The fourth-order valence-corrected chi connectivity index (χ4v) is 1.49. The van der Waals surface area contributed by atoms with Gasteiger partial charge in [-0.05, 0) is 20.3 Å². The molecule has 1 aromatic heterocycles. The number of aryl methyl sites for hydroxylation is 1. The minimum Gasteiger partial charge on any atom is -0.377 e. The van der Waals surface area contributed by atoms with E-state index >= 15 is 0 Å². The van der Waals surface area contributed by atoms with E-state index in [4.69, 9.17) is 4.74 Å². The van der Waals surface area contributed by atoms with E-state index in [1.54, 1.807) is 7.11 Å². The summed E-state index contributed by atoms with van der Waals surface area (Å²) in [4.78, 5) is 11.0. The second-order valence-corrected chi connectivity index (χ2v) is 4.08. The van der Waals surface area contributed by atoms with Crippen molar-refractivity contribution in [2.45, 2.75) is 39.8 Å². The van der Waals surface area contributed by atoms with Gasteiger partial charge in [0.1, 0.15) is 12.4 Å². The fourth-order valence-electron chi connectivity index (χ4n) is 1.49. The lowest BCUT2D eigenvalue weighted by molar-refractivity contribution is 0.177. The Hall–Kier alpha value is -1.16. The monoisotopic (exact) mass is 223 g/mol. The molecule has 0 spiro atoms. The van der Waals surface area contributed by atoms with Crippen LogP contribution < -0.4 is 4.90 Å². The lowest BCUT2D eigenvalue weighted by atomic mass is 10.2. The molecule has 0 fully saturated rings. The lowest BCUT2D eigenvalue weighted by Gasteiger charge is -2.25. The van der Waals surface area contributed by atoms with Crippen molar-refractivity contribution in [1.82, 2.24) is 9.97 Å². The highest BCUT2D eigenvalue weighted by molar-refractivity contribution is 5.39. The highest BCUT2D eigenvalue weighted by Crippen LogP contribution is 2.15. The third-order valence-electron chi connectivity index (χ3n) is 2.77. The van der Waals surface area contributed by atoms with Gasteiger partial charge in [0.2, 0.25) is 0 Å². The lowest BCUT2D eigenvalue weighted by Crippen LogP contribution is -2.29. The minimum absolute atomic E-state index is 0.461. The van der Waals surface area contributed by atoms with Gasteiger partial charge >= 0.3 is 0 Å². The van der Waals surface area contributed by atoms with Crippen LogP contribution in [-0.4, -0.2) is 30.2 Å². The molecule has 0 aliphatic carbocycles. The van der Waals surface area contributed by atoms with Crippen molar-refractivity contribution in [3.63, 3.8) is 0 Å². The molecule has 0 aromatic carbocycles. The average Bonchev–Trinajstić information content (AvgIpc) is 2.26. The van der Waals surface area contributed by atoms with E-state index in [0.717, 1.165) is 23.8 Å². The molecule has 0 radical (unpaired) electrons. The van der Waals surface area contributed by atoms with E-state index in [0.29, 0.717) is 12.6 Å². The Morgan fingerprint density at radius 3 is 2.69 bits per heavy atom. The Kier molecular flexibility index (Phi) is 4.68. The molecule has 4 nitrogen and oxygen atoms in total. The zero-order valence-corrected chi connectivity index (χ0v) is 10.8. The predicted molar refractivity (Wildman–Crippen MR) is 65.6 cm³/mol. The summed E-state index contributed by atoms with van der Waals surface area (Å²) in [6.07, 6.45) is 1.10. The summed E-state index contributed by atoms with van der Waals surface area (Å²) in [5, 5.41) is 0. The second-order valence-electron chi connectivity index (χ2n) is 4.08. The molecular weight excluding hydrogens is 202 g/mol. The Morgan fingerprint density at radius 2 is 2.12 bits per heavy atom. The highest BCUT2D eigenvalue weighted by atomic mass is 16.5. The first kappa shape index (κ1) is 12.9. The third-order valence-corrected chi connectivity index (χ3v) is 2.77. The Labute approximate surface area is 97.7 Å². The van der Waals surface area contributed by atoms with Crippen molar-refractivity contribution in [3.8, 4) is 0 Å². The summed E-state index contributed by atoms with van der Waals surface area (Å²) in [5.74, 6) is 1.71. The number of hydrogen-bond donors (Lipinski definition) is 0. The summed E-state index contributed by atoms with van der Waals surface area (Å²) >= 11 is 0. The van der Waals surface area contributed by atoms with Crippen molar-refractivity contribution in [2.75, 3.05) is 19.1 Å². The molecule has 1 aromatic rings. The molecule has 0 N–H and O–H groups in total. The van der Waals surface area contributed by atoms with Crippen molar-refractivity contribution in [1.29, 1.82) is 0 Å². The van der Waals surface area contributed by atoms with Gasteiger partial charge in [0.05, 0.1) is 0 Å². The van der Waals surface area contributed by atoms with Gasteiger partial charge in [-0.2, -0.15) is 0 Å². The van der Waals surface area contributed by atoms with E-state index in [1.165, 1.54) is 0 Å². The molecule has 1 heterocycles. The first-order chi connectivity index (χ1) is 7.58. The van der Waals surface area contributed by atoms with Crippen LogP contribution in [0.5, 0.6) is 0 Å². The van der Waals surface area contributed by atoms with E-state index < -0.39 is 0 Å². The molecule has 16 heavy (non-hydrogen) atoms. The van der Waals surface area contributed by atoms with Crippen LogP contribution in [0.25, 0.3) is 0 Å². The Balaban J connectivity index is 2.94. The maximum atomic E-state index is 5.06. The summed E-state index contributed by atoms with van der Waals surface area (Å²) < 4.78 is 5.06. The number of methoxy groups -OCH3 is 1. The molecule has 0 saturated heterocycles. The predicted octanol–water partition coefficient (Wildman–Crippen LogP) is 2.17. The number of nitrogens with zero attached hydrogens (tertiary/aromatic N) is 3. The molecule has 0 unspecified atom stereocenters. The molecule has 0 bridgehead atoms. The number of hydrogen-bond acceptors (Lipinski definition) is 4. The Morgan fingerprint density at radius 1 is 1.44 bits per heavy atom. The number of aromatic nitrogens is 2. The minimum atomic E-state index is 0.461. The van der Waals surface area contributed by atoms with Crippen LogP contribution in [0.2, 0.25) is 0 Å². The molecule has 0 saturated carbocycles. The van der Waals surface area contributed by atoms with Gasteiger partial charge < -0.3 is 9.64 Å². The van der Waals surface area contributed by atoms with Gasteiger partial charge in [-0.15, -0.1) is 0 Å². The van der Waals surface area contributed by atoms with E-state index in [-0.39, 0.29) is 0 Å². The van der Waals surface area contributed by atoms with Gasteiger partial charge in [-0.3, -0.25) is 0 Å². The summed E-state index contributed by atoms with van der Waals surface area (Å²) in [5.41, 5.74) is 0.979. The highest BCUT2D eigenvalue weighted by Gasteiger charge is 2.11. The summed E-state index contributed by atoms with van der Waals surface area (Å²) in [7, 11) is 3.72. The number of ether oxygens (including phenoxy) is 1. The third kappa shape index (κ3) is 3.17. The number of rotatable bonds is 5. The van der Waals surface area contributed by atoms with E-state index in [9.17, 15) is 0 Å². The first-order valence-electron chi connectivity index (χ1n) is 5.64. The zero-order valence-electron chi connectivity index (χ0n) is 10.8. The average molecular weight is 223 g/mol. The smallest absolute Gasteiger partial charge is 0.156 e. The van der Waals surface area contributed by atoms with E-state index in [2.05, 4.69) is 35.8 Å². The van der Waals surface area contributed by atoms with Gasteiger partial charge in [-0.1, -0.05) is 6.92 Å². The Bertz CT molecular complexity index is 341. The van der Waals surface area contributed by atoms with Gasteiger partial charge in [-0.25, -0.2) is 9.97 Å². The van der Waals surface area contributed by atoms with Gasteiger partial charge in [0.15, 0.2) is 5.82 Å². The maximum absolute atomic E-state index is 5.06. The molecule has 0 aliphatic heterocycles. The van der Waals surface area contributed by atoms with Crippen LogP contribution in [0.3, 0.4) is 0 Å². The standard InChI is InChI=1S/C12H21N3O/c1-6-10(3)15(4)12-7-9(2)13-11(14-12)8-16-5/h7,10H,6,8H2,1-5H3/t10-/m0/s1. The van der Waals surface area contributed by atoms with Crippen LogP contribution in [0.1, 0.15) is 31.8 Å². The summed E-state index contributed by atoms with van der Waals surface area (Å²) in [6.45, 7) is 6.80. The molecular formula is C12H21N3O. The maximum Gasteiger partial charge on any atom is 0.156 e. The molecule has 4 heteroatoms. The van der Waals surface area contributed by atoms with Crippen molar-refractivity contribution >= 4 is 5.82 Å². The normalized spacial score (nSPS) is 12.6. The first-order valence-corrected chi connectivity index (χ1v) is 5.64. The van der Waals surface area contributed by atoms with Crippen molar-refractivity contribution < 1.29 is 4.74 Å². The van der Waals surface area contributed by atoms with Crippen LogP contribution in [0.4, 0.5) is 5.82 Å². The van der Waals surface area contributed by atoms with Gasteiger partial charge in [0, 0.05) is 32.0 Å². The van der Waals surface area contributed by atoms with Gasteiger partial charge in [0.25, 0.3) is 0 Å². The summed E-state index contributed by atoms with van der Waals surface area (Å²) in [6, 6.07) is 2.48. The molecule has 90 valence electrons.